The number of nitrogens with two attached hydrogens (primary N) is 1. The van der Waals surface area contributed by atoms with Crippen LogP contribution in [0.4, 0.5) is 22.0 Å². The predicted octanol–water partition coefficient (Wildman–Crippen LogP) is 4.05. The van der Waals surface area contributed by atoms with E-state index >= 15 is 0 Å². The van der Waals surface area contributed by atoms with Gasteiger partial charge >= 0.3 is 12.1 Å². The lowest BCUT2D eigenvalue weighted by Crippen LogP contribution is -2.45. The first-order valence-electron chi connectivity index (χ1n) is 5.94. The van der Waals surface area contributed by atoms with Gasteiger partial charge in [-0.25, -0.2) is 0 Å². The molecule has 0 unspecified atom stereocenters. The smallest absolute Gasteiger partial charge is 0.455 e. The van der Waals surface area contributed by atoms with Gasteiger partial charge in [0, 0.05) is 0 Å². The Morgan fingerprint density at radius 3 is 2.10 bits per heavy atom. The van der Waals surface area contributed by atoms with Crippen LogP contribution in [0.1, 0.15) is 11.6 Å². The molecule has 1 atom stereocenters. The van der Waals surface area contributed by atoms with Crippen LogP contribution in [-0.4, -0.2) is 19.2 Å². The molecule has 0 aromatic heterocycles. The Bertz CT molecular complexity index is 653. The Kier molecular flexibility index (Phi) is 3.79. The monoisotopic (exact) mass is 305 g/mol. The Morgan fingerprint density at radius 2 is 1.52 bits per heavy atom. The van der Waals surface area contributed by atoms with E-state index in [0.717, 1.165) is 6.07 Å². The van der Waals surface area contributed by atoms with Crippen molar-refractivity contribution in [2.75, 3.05) is 7.11 Å². The maximum Gasteiger partial charge on any atom is 0.455 e. The molecular formula is C14H12F5NO. The molecule has 21 heavy (non-hydrogen) atoms. The van der Waals surface area contributed by atoms with Crippen LogP contribution in [-0.2, 0) is 0 Å². The molecule has 2 N–H and O–H groups in total. The van der Waals surface area contributed by atoms with E-state index in [1.807, 2.05) is 0 Å². The van der Waals surface area contributed by atoms with Crippen molar-refractivity contribution in [2.24, 2.45) is 5.73 Å². The van der Waals surface area contributed by atoms with Crippen LogP contribution in [0, 0.1) is 0 Å². The summed E-state index contributed by atoms with van der Waals surface area (Å²) in [6.45, 7) is 0. The van der Waals surface area contributed by atoms with Gasteiger partial charge in [0.2, 0.25) is 0 Å². The molecule has 2 rings (SSSR count). The molecule has 0 fully saturated rings. The third-order valence-corrected chi connectivity index (χ3v) is 3.20. The van der Waals surface area contributed by atoms with E-state index in [0.29, 0.717) is 16.5 Å². The number of halogens is 5. The second kappa shape index (κ2) is 5.14. The van der Waals surface area contributed by atoms with Crippen molar-refractivity contribution in [3.05, 3.63) is 42.0 Å². The van der Waals surface area contributed by atoms with Gasteiger partial charge < -0.3 is 10.5 Å². The summed E-state index contributed by atoms with van der Waals surface area (Å²) >= 11 is 0. The molecule has 0 amide bonds. The third kappa shape index (κ3) is 2.78. The highest BCUT2D eigenvalue weighted by Crippen LogP contribution is 2.43. The fourth-order valence-corrected chi connectivity index (χ4v) is 1.95. The summed E-state index contributed by atoms with van der Waals surface area (Å²) < 4.78 is 68.5. The van der Waals surface area contributed by atoms with Crippen molar-refractivity contribution in [1.82, 2.24) is 0 Å². The molecule has 0 heterocycles. The van der Waals surface area contributed by atoms with Crippen LogP contribution in [0.15, 0.2) is 36.4 Å². The first kappa shape index (κ1) is 15.5. The minimum atomic E-state index is -5.69. The van der Waals surface area contributed by atoms with Crippen LogP contribution < -0.4 is 10.5 Å². The van der Waals surface area contributed by atoms with Gasteiger partial charge in [0.25, 0.3) is 0 Å². The first-order valence-corrected chi connectivity index (χ1v) is 5.94. The molecule has 0 radical (unpaired) electrons. The van der Waals surface area contributed by atoms with Gasteiger partial charge in [-0.2, -0.15) is 22.0 Å². The normalized spacial score (nSPS) is 14.2. The molecule has 0 aliphatic rings. The number of hydrogen-bond acceptors (Lipinski definition) is 2. The quantitative estimate of drug-likeness (QED) is 0.868. The molecule has 0 saturated carbocycles. The summed E-state index contributed by atoms with van der Waals surface area (Å²) in [5.74, 6) is -4.44. The Hall–Kier alpha value is -1.89. The topological polar surface area (TPSA) is 35.2 Å². The van der Waals surface area contributed by atoms with E-state index in [-0.39, 0.29) is 5.56 Å². The molecule has 0 saturated heterocycles. The maximum absolute atomic E-state index is 13.3. The maximum atomic E-state index is 13.3. The van der Waals surface area contributed by atoms with Crippen molar-refractivity contribution >= 4 is 10.8 Å². The first-order chi connectivity index (χ1) is 9.66. The highest BCUT2D eigenvalue weighted by atomic mass is 19.4. The lowest BCUT2D eigenvalue weighted by atomic mass is 9.98. The van der Waals surface area contributed by atoms with Crippen molar-refractivity contribution in [1.29, 1.82) is 0 Å². The lowest BCUT2D eigenvalue weighted by molar-refractivity contribution is -0.290. The average Bonchev–Trinajstić information content (AvgIpc) is 2.44. The zero-order chi connectivity index (χ0) is 15.8. The zero-order valence-electron chi connectivity index (χ0n) is 10.9. The van der Waals surface area contributed by atoms with Crippen molar-refractivity contribution in [3.8, 4) is 5.75 Å². The second-order valence-electron chi connectivity index (χ2n) is 4.57. The number of hydrogen-bond donors (Lipinski definition) is 1. The van der Waals surface area contributed by atoms with Crippen LogP contribution in [0.3, 0.4) is 0 Å². The van der Waals surface area contributed by atoms with Crippen molar-refractivity contribution in [2.45, 2.75) is 18.1 Å². The van der Waals surface area contributed by atoms with Gasteiger partial charge in [0.1, 0.15) is 11.8 Å². The highest BCUT2D eigenvalue weighted by Gasteiger charge is 2.61. The van der Waals surface area contributed by atoms with Crippen LogP contribution in [0.25, 0.3) is 10.8 Å². The summed E-state index contributed by atoms with van der Waals surface area (Å²) in [6.07, 6.45) is -5.69. The van der Waals surface area contributed by atoms with Crippen LogP contribution >= 0.6 is 0 Å². The predicted molar refractivity (Wildman–Crippen MR) is 68.4 cm³/mol. The summed E-state index contributed by atoms with van der Waals surface area (Å²) in [5.41, 5.74) is 4.83. The number of benzene rings is 2. The van der Waals surface area contributed by atoms with E-state index in [2.05, 4.69) is 0 Å². The van der Waals surface area contributed by atoms with Crippen molar-refractivity contribution < 1.29 is 26.7 Å². The Morgan fingerprint density at radius 1 is 0.952 bits per heavy atom. The number of fused-ring (bicyclic) bond motifs is 1. The van der Waals surface area contributed by atoms with E-state index in [1.165, 1.54) is 19.2 Å². The fourth-order valence-electron chi connectivity index (χ4n) is 1.95. The van der Waals surface area contributed by atoms with Crippen LogP contribution in [0.5, 0.6) is 5.75 Å². The zero-order valence-corrected chi connectivity index (χ0v) is 10.9. The standard InChI is InChI=1S/C14H12F5NO/c1-21-11-5-4-8-6-10(3-2-9(8)7-11)12(20)13(15,16)14(17,18)19/h2-7,12H,20H2,1H3/t12-/m0/s1. The molecule has 7 heteroatoms. The van der Waals surface area contributed by atoms with E-state index in [9.17, 15) is 22.0 Å². The van der Waals surface area contributed by atoms with Crippen molar-refractivity contribution in [3.63, 3.8) is 0 Å². The SMILES string of the molecule is COc1ccc2cc([C@H](N)C(F)(F)C(F)(F)F)ccc2c1. The molecular weight excluding hydrogens is 293 g/mol. The average molecular weight is 305 g/mol. The lowest BCUT2D eigenvalue weighted by Gasteiger charge is -2.26. The third-order valence-electron chi connectivity index (χ3n) is 3.20. The number of rotatable bonds is 3. The van der Waals surface area contributed by atoms with Gasteiger partial charge in [-0.15, -0.1) is 0 Å². The van der Waals surface area contributed by atoms with Gasteiger partial charge in [0.15, 0.2) is 0 Å². The van der Waals surface area contributed by atoms with E-state index in [4.69, 9.17) is 10.5 Å². The molecule has 0 bridgehead atoms. The number of methoxy groups -OCH3 is 1. The molecule has 2 nitrogen and oxygen atoms in total. The highest BCUT2D eigenvalue weighted by molar-refractivity contribution is 5.84. The fraction of sp³-hybridized carbons (Fsp3) is 0.286. The largest absolute Gasteiger partial charge is 0.497 e. The molecule has 0 aliphatic heterocycles. The van der Waals surface area contributed by atoms with Crippen LogP contribution in [0.2, 0.25) is 0 Å². The summed E-state index contributed by atoms with van der Waals surface area (Å²) in [5, 5.41) is 1.15. The molecule has 2 aromatic rings. The van der Waals surface area contributed by atoms with E-state index in [1.54, 1.807) is 18.2 Å². The van der Waals surface area contributed by atoms with E-state index < -0.39 is 18.1 Å². The summed E-state index contributed by atoms with van der Waals surface area (Å²) in [6, 6.07) is 6.15. The molecule has 2 aromatic carbocycles. The molecule has 0 aliphatic carbocycles. The Labute approximate surface area is 117 Å². The Balaban J connectivity index is 2.43. The molecule has 114 valence electrons. The second-order valence-corrected chi connectivity index (χ2v) is 4.57. The van der Waals surface area contributed by atoms with Gasteiger partial charge in [0.05, 0.1) is 7.11 Å². The molecule has 0 spiro atoms. The summed E-state index contributed by atoms with van der Waals surface area (Å²) in [7, 11) is 1.47. The van der Waals surface area contributed by atoms with Gasteiger partial charge in [-0.1, -0.05) is 18.2 Å². The van der Waals surface area contributed by atoms with Gasteiger partial charge in [-0.05, 0) is 34.5 Å². The number of alkyl halides is 5. The number of ether oxygens (including phenoxy) is 1. The minimum Gasteiger partial charge on any atom is -0.497 e. The van der Waals surface area contributed by atoms with Gasteiger partial charge in [-0.3, -0.25) is 0 Å². The summed E-state index contributed by atoms with van der Waals surface area (Å²) in [4.78, 5) is 0. The minimum absolute atomic E-state index is 0.282.